The van der Waals surface area contributed by atoms with Crippen molar-refractivity contribution in [2.24, 2.45) is 5.92 Å². The number of carbonyl (C=O) groups is 4. The van der Waals surface area contributed by atoms with E-state index < -0.39 is 45.9 Å². The Kier molecular flexibility index (Phi) is 5.24. The van der Waals surface area contributed by atoms with Gasteiger partial charge in [0.25, 0.3) is 21.8 Å². The molecule has 2 heterocycles. The maximum atomic E-state index is 12.9. The van der Waals surface area contributed by atoms with Gasteiger partial charge in [-0.3, -0.25) is 19.3 Å². The zero-order valence-electron chi connectivity index (χ0n) is 17.0. The lowest BCUT2D eigenvalue weighted by Gasteiger charge is -2.36. The van der Waals surface area contributed by atoms with Crippen molar-refractivity contribution in [3.05, 3.63) is 29.8 Å². The van der Waals surface area contributed by atoms with Crippen LogP contribution in [-0.4, -0.2) is 66.7 Å². The third-order valence-electron chi connectivity index (χ3n) is 6.26. The highest BCUT2D eigenvalue weighted by Crippen LogP contribution is 2.38. The summed E-state index contributed by atoms with van der Waals surface area (Å²) in [6.07, 6.45) is 3.14. The largest absolute Gasteiger partial charge is 0.462 e. The van der Waals surface area contributed by atoms with Crippen LogP contribution in [0.4, 0.5) is 4.79 Å². The van der Waals surface area contributed by atoms with Crippen LogP contribution in [-0.2, 0) is 24.3 Å². The number of ether oxygens (including phenoxy) is 1. The Hall–Kier alpha value is -2.95. The van der Waals surface area contributed by atoms with E-state index in [1.54, 1.807) is 6.07 Å². The molecule has 4 amide bonds. The molecule has 2 aliphatic heterocycles. The van der Waals surface area contributed by atoms with Crippen LogP contribution in [0.1, 0.15) is 43.0 Å². The van der Waals surface area contributed by atoms with E-state index in [-0.39, 0.29) is 29.5 Å². The Labute approximate surface area is 179 Å². The number of imide groups is 1. The molecule has 3 aliphatic rings. The third-order valence-corrected chi connectivity index (χ3v) is 8.10. The highest BCUT2D eigenvalue weighted by molar-refractivity contribution is 7.90. The van der Waals surface area contributed by atoms with E-state index in [0.717, 1.165) is 24.2 Å². The predicted molar refractivity (Wildman–Crippen MR) is 106 cm³/mol. The molecule has 1 saturated carbocycles. The van der Waals surface area contributed by atoms with E-state index in [2.05, 4.69) is 5.32 Å². The monoisotopic (exact) mass is 449 g/mol. The molecule has 0 radical (unpaired) electrons. The molecule has 31 heavy (non-hydrogen) atoms. The number of nitrogens with zero attached hydrogens (tertiary/aromatic N) is 2. The molecule has 1 aliphatic carbocycles. The summed E-state index contributed by atoms with van der Waals surface area (Å²) in [6.45, 7) is 0.594. The first-order valence-corrected chi connectivity index (χ1v) is 11.6. The summed E-state index contributed by atoms with van der Waals surface area (Å²) < 4.78 is 30.7. The van der Waals surface area contributed by atoms with Gasteiger partial charge in [0.15, 0.2) is 0 Å². The van der Waals surface area contributed by atoms with Crippen LogP contribution in [0.15, 0.2) is 29.2 Å². The van der Waals surface area contributed by atoms with Crippen LogP contribution in [0.2, 0.25) is 0 Å². The topological polar surface area (TPSA) is 130 Å². The summed E-state index contributed by atoms with van der Waals surface area (Å²) in [6, 6.07) is 5.21. The van der Waals surface area contributed by atoms with Crippen molar-refractivity contribution in [1.82, 2.24) is 14.5 Å². The lowest BCUT2D eigenvalue weighted by molar-refractivity contribution is -0.148. The zero-order chi connectivity index (χ0) is 22.4. The van der Waals surface area contributed by atoms with Gasteiger partial charge in [-0.15, -0.1) is 0 Å². The van der Waals surface area contributed by atoms with Crippen LogP contribution < -0.4 is 5.32 Å². The van der Waals surface area contributed by atoms with Gasteiger partial charge in [0.1, 0.15) is 23.6 Å². The second-order valence-electron chi connectivity index (χ2n) is 8.04. The smallest absolute Gasteiger partial charge is 0.326 e. The first kappa shape index (κ1) is 21.3. The second kappa shape index (κ2) is 7.63. The van der Waals surface area contributed by atoms with Crippen molar-refractivity contribution in [3.63, 3.8) is 0 Å². The summed E-state index contributed by atoms with van der Waals surface area (Å²) in [7, 11) is -3.99. The van der Waals surface area contributed by atoms with E-state index in [9.17, 15) is 27.6 Å². The predicted octanol–water partition coefficient (Wildman–Crippen LogP) is 0.875. The van der Waals surface area contributed by atoms with Crippen LogP contribution in [0.25, 0.3) is 0 Å². The lowest BCUT2D eigenvalue weighted by atomic mass is 9.73. The number of rotatable bonds is 5. The van der Waals surface area contributed by atoms with Gasteiger partial charge in [0, 0.05) is 0 Å². The molecule has 11 heteroatoms. The van der Waals surface area contributed by atoms with Crippen LogP contribution >= 0.6 is 0 Å². The van der Waals surface area contributed by atoms with Crippen LogP contribution in [0, 0.1) is 5.92 Å². The third kappa shape index (κ3) is 3.36. The molecule has 1 aromatic rings. The number of fused-ring (bicyclic) bond motifs is 1. The minimum absolute atomic E-state index is 0.0354. The van der Waals surface area contributed by atoms with E-state index in [4.69, 9.17) is 4.74 Å². The fraction of sp³-hybridized carbons (Fsp3) is 0.500. The fourth-order valence-electron chi connectivity index (χ4n) is 4.51. The normalized spacial score (nSPS) is 26.9. The Morgan fingerprint density at radius 2 is 1.97 bits per heavy atom. The first-order valence-electron chi connectivity index (χ1n) is 10.1. The van der Waals surface area contributed by atoms with Gasteiger partial charge < -0.3 is 10.1 Å². The number of sulfonamides is 1. The molecular weight excluding hydrogens is 426 g/mol. The summed E-state index contributed by atoms with van der Waals surface area (Å²) in [5, 5.41) is 2.75. The van der Waals surface area contributed by atoms with E-state index >= 15 is 0 Å². The SMILES string of the molecule is C[C@H]1CCCC[C@@]12NC(=O)N(CC(=O)OCCN1C(=O)c3ccccc3S1(=O)=O)C2=O. The fourth-order valence-corrected chi connectivity index (χ4v) is 6.06. The van der Waals surface area contributed by atoms with Gasteiger partial charge in [0.2, 0.25) is 0 Å². The Balaban J connectivity index is 1.35. The van der Waals surface area contributed by atoms with E-state index in [0.29, 0.717) is 10.7 Å². The molecular formula is C20H23N3O7S. The molecule has 4 rings (SSSR count). The van der Waals surface area contributed by atoms with Gasteiger partial charge in [-0.05, 0) is 30.9 Å². The first-order chi connectivity index (χ1) is 14.7. The van der Waals surface area contributed by atoms with Gasteiger partial charge in [0.05, 0.1) is 12.1 Å². The molecule has 1 N–H and O–H groups in total. The molecule has 1 aromatic carbocycles. The minimum atomic E-state index is -3.99. The maximum Gasteiger partial charge on any atom is 0.326 e. The number of benzene rings is 1. The number of hydrogen-bond acceptors (Lipinski definition) is 7. The summed E-state index contributed by atoms with van der Waals surface area (Å²) >= 11 is 0. The highest BCUT2D eigenvalue weighted by Gasteiger charge is 2.55. The number of carbonyl (C=O) groups excluding carboxylic acids is 4. The molecule has 1 saturated heterocycles. The van der Waals surface area contributed by atoms with Gasteiger partial charge in [-0.25, -0.2) is 17.5 Å². The molecule has 1 spiro atoms. The Bertz CT molecular complexity index is 1070. The minimum Gasteiger partial charge on any atom is -0.462 e. The summed E-state index contributed by atoms with van der Waals surface area (Å²) in [5.41, 5.74) is -0.905. The number of esters is 1. The molecule has 0 unspecified atom stereocenters. The zero-order valence-corrected chi connectivity index (χ0v) is 17.8. The van der Waals surface area contributed by atoms with E-state index in [1.165, 1.54) is 18.2 Å². The van der Waals surface area contributed by atoms with Gasteiger partial charge >= 0.3 is 12.0 Å². The van der Waals surface area contributed by atoms with Crippen molar-refractivity contribution in [3.8, 4) is 0 Å². The molecule has 2 fully saturated rings. The standard InChI is InChI=1S/C20H23N3O7S/c1-13-6-4-5-9-20(13)18(26)22(19(27)21-20)12-16(24)30-11-10-23-17(25)14-7-2-3-8-15(14)31(23,28)29/h2-3,7-8,13H,4-6,9-12H2,1H3,(H,21,27)/t13-,20+/m0/s1. The van der Waals surface area contributed by atoms with Gasteiger partial charge in [-0.2, -0.15) is 0 Å². The average Bonchev–Trinajstić information content (AvgIpc) is 3.08. The molecule has 0 bridgehead atoms. The van der Waals surface area contributed by atoms with Crippen molar-refractivity contribution in [2.75, 3.05) is 19.7 Å². The van der Waals surface area contributed by atoms with Crippen molar-refractivity contribution in [2.45, 2.75) is 43.0 Å². The highest BCUT2D eigenvalue weighted by atomic mass is 32.2. The lowest BCUT2D eigenvalue weighted by Crippen LogP contribution is -2.54. The maximum absolute atomic E-state index is 12.9. The van der Waals surface area contributed by atoms with Crippen molar-refractivity contribution < 1.29 is 32.3 Å². The van der Waals surface area contributed by atoms with Crippen molar-refractivity contribution >= 4 is 33.8 Å². The summed E-state index contributed by atoms with van der Waals surface area (Å²) in [4.78, 5) is 50.6. The number of urea groups is 1. The van der Waals surface area contributed by atoms with E-state index in [1.807, 2.05) is 6.92 Å². The average molecular weight is 449 g/mol. The number of amides is 4. The molecule has 166 valence electrons. The Morgan fingerprint density at radius 1 is 1.23 bits per heavy atom. The quantitative estimate of drug-likeness (QED) is 0.521. The number of nitrogens with one attached hydrogen (secondary N) is 1. The summed E-state index contributed by atoms with van der Waals surface area (Å²) in [5.74, 6) is -2.01. The second-order valence-corrected chi connectivity index (χ2v) is 9.87. The van der Waals surface area contributed by atoms with Crippen LogP contribution in [0.3, 0.4) is 0 Å². The number of hydrogen-bond donors (Lipinski definition) is 1. The Morgan fingerprint density at radius 3 is 2.68 bits per heavy atom. The molecule has 0 aromatic heterocycles. The van der Waals surface area contributed by atoms with Gasteiger partial charge in [-0.1, -0.05) is 31.9 Å². The molecule has 10 nitrogen and oxygen atoms in total. The van der Waals surface area contributed by atoms with Crippen molar-refractivity contribution in [1.29, 1.82) is 0 Å². The van der Waals surface area contributed by atoms with Crippen LogP contribution in [0.5, 0.6) is 0 Å². The molecule has 2 atom stereocenters.